The normalized spacial score (nSPS) is 13.6. The van der Waals surface area contributed by atoms with Crippen molar-refractivity contribution in [2.24, 2.45) is 0 Å². The van der Waals surface area contributed by atoms with Crippen LogP contribution in [0.4, 0.5) is 0 Å². The fourth-order valence-electron chi connectivity index (χ4n) is 9.05. The van der Waals surface area contributed by atoms with E-state index >= 15 is 0 Å². The maximum atomic E-state index is 2.44. The molecule has 0 radical (unpaired) electrons. The number of rotatable bonds is 5. The lowest BCUT2D eigenvalue weighted by atomic mass is 9.74. The van der Waals surface area contributed by atoms with Crippen molar-refractivity contribution in [3.8, 4) is 50.2 Å². The molecule has 0 saturated heterocycles. The Balaban J connectivity index is 1.02. The molecule has 11 rings (SSSR count). The van der Waals surface area contributed by atoms with Gasteiger partial charge < -0.3 is 4.57 Å². The molecular formula is C54H37N. The smallest absolute Gasteiger partial charge is 0.0541 e. The second kappa shape index (κ2) is 12.9. The highest BCUT2D eigenvalue weighted by Gasteiger charge is 2.27. The molecule has 0 aliphatic heterocycles. The molecule has 0 bridgehead atoms. The largest absolute Gasteiger partial charge is 0.309 e. The van der Waals surface area contributed by atoms with Gasteiger partial charge in [-0.1, -0.05) is 164 Å². The van der Waals surface area contributed by atoms with Gasteiger partial charge in [-0.15, -0.1) is 0 Å². The quantitative estimate of drug-likeness (QED) is 0.169. The van der Waals surface area contributed by atoms with Gasteiger partial charge in [-0.25, -0.2) is 0 Å². The molecule has 0 N–H and O–H groups in total. The second-order valence-electron chi connectivity index (χ2n) is 14.9. The number of fused-ring (bicyclic) bond motifs is 7. The summed E-state index contributed by atoms with van der Waals surface area (Å²) in [5, 5.41) is 5.04. The van der Waals surface area contributed by atoms with Crippen LogP contribution in [0.5, 0.6) is 0 Å². The average Bonchev–Trinajstić information content (AvgIpc) is 3.60. The molecule has 1 aliphatic rings. The fourth-order valence-corrected chi connectivity index (χ4v) is 9.05. The molecule has 1 nitrogen and oxygen atoms in total. The molecular weight excluding hydrogens is 663 g/mol. The minimum absolute atomic E-state index is 0.286. The number of hydrogen-bond acceptors (Lipinski definition) is 0. The zero-order chi connectivity index (χ0) is 36.3. The highest BCUT2D eigenvalue weighted by molar-refractivity contribution is 6.10. The van der Waals surface area contributed by atoms with Gasteiger partial charge in [-0.05, 0) is 121 Å². The minimum Gasteiger partial charge on any atom is -0.309 e. The van der Waals surface area contributed by atoms with E-state index in [2.05, 4.69) is 211 Å². The molecule has 0 fully saturated rings. The van der Waals surface area contributed by atoms with Crippen LogP contribution in [0, 0.1) is 0 Å². The number of aromatic nitrogens is 1. The first kappa shape index (κ1) is 31.6. The number of nitrogens with zero attached hydrogens (tertiary/aromatic N) is 1. The Labute approximate surface area is 321 Å². The summed E-state index contributed by atoms with van der Waals surface area (Å²) in [4.78, 5) is 0. The van der Waals surface area contributed by atoms with E-state index in [1.165, 1.54) is 93.8 Å². The van der Waals surface area contributed by atoms with Crippen LogP contribution in [0.2, 0.25) is 0 Å². The Hall–Kier alpha value is -6.96. The second-order valence-corrected chi connectivity index (χ2v) is 14.9. The Kier molecular flexibility index (Phi) is 7.38. The third kappa shape index (κ3) is 5.39. The van der Waals surface area contributed by atoms with Crippen LogP contribution in [0.25, 0.3) is 82.8 Å². The van der Waals surface area contributed by atoms with Crippen molar-refractivity contribution in [1.82, 2.24) is 4.57 Å². The third-order valence-corrected chi connectivity index (χ3v) is 11.7. The van der Waals surface area contributed by atoms with E-state index in [-0.39, 0.29) is 5.92 Å². The molecule has 1 heterocycles. The van der Waals surface area contributed by atoms with E-state index in [0.29, 0.717) is 0 Å². The predicted molar refractivity (Wildman–Crippen MR) is 232 cm³/mol. The van der Waals surface area contributed by atoms with E-state index in [4.69, 9.17) is 0 Å². The number of para-hydroxylation sites is 1. The van der Waals surface area contributed by atoms with Gasteiger partial charge in [0.2, 0.25) is 0 Å². The van der Waals surface area contributed by atoms with Gasteiger partial charge in [0, 0.05) is 22.4 Å². The van der Waals surface area contributed by atoms with Crippen LogP contribution in [-0.4, -0.2) is 4.57 Å². The molecule has 1 unspecified atom stereocenters. The van der Waals surface area contributed by atoms with E-state index in [1.54, 1.807) is 0 Å². The molecule has 1 atom stereocenters. The lowest BCUT2D eigenvalue weighted by Crippen LogP contribution is -2.13. The summed E-state index contributed by atoms with van der Waals surface area (Å²) in [7, 11) is 0. The van der Waals surface area contributed by atoms with Gasteiger partial charge in [-0.2, -0.15) is 0 Å². The summed E-state index contributed by atoms with van der Waals surface area (Å²) in [6, 6.07) is 76.2. The van der Waals surface area contributed by atoms with Crippen LogP contribution >= 0.6 is 0 Å². The van der Waals surface area contributed by atoms with Crippen LogP contribution in [0.3, 0.4) is 0 Å². The van der Waals surface area contributed by atoms with E-state index < -0.39 is 0 Å². The third-order valence-electron chi connectivity index (χ3n) is 11.7. The molecule has 0 amide bonds. The van der Waals surface area contributed by atoms with Crippen molar-refractivity contribution in [2.75, 3.05) is 0 Å². The monoisotopic (exact) mass is 699 g/mol. The highest BCUT2D eigenvalue weighted by atomic mass is 15.0. The van der Waals surface area contributed by atoms with E-state index in [0.717, 1.165) is 12.1 Å². The first-order valence-electron chi connectivity index (χ1n) is 19.3. The Bertz CT molecular complexity index is 3070. The fraction of sp³-hybridized carbons (Fsp3) is 0.0370. The molecule has 0 spiro atoms. The van der Waals surface area contributed by atoms with Crippen molar-refractivity contribution in [2.45, 2.75) is 12.3 Å². The summed E-state index contributed by atoms with van der Waals surface area (Å²) < 4.78 is 2.43. The molecule has 10 aromatic rings. The van der Waals surface area contributed by atoms with E-state index in [1.807, 2.05) is 0 Å². The Morgan fingerprint density at radius 3 is 1.95 bits per heavy atom. The van der Waals surface area contributed by atoms with Crippen molar-refractivity contribution in [3.05, 3.63) is 223 Å². The molecule has 0 saturated carbocycles. The molecule has 258 valence electrons. The van der Waals surface area contributed by atoms with Crippen molar-refractivity contribution in [1.29, 1.82) is 0 Å². The summed E-state index contributed by atoms with van der Waals surface area (Å²) in [5.74, 6) is 0.286. The van der Waals surface area contributed by atoms with Crippen LogP contribution in [-0.2, 0) is 6.42 Å². The summed E-state index contributed by atoms with van der Waals surface area (Å²) >= 11 is 0. The van der Waals surface area contributed by atoms with Gasteiger partial charge in [0.1, 0.15) is 0 Å². The standard InChI is InChI=1S/C54H37N/c1-2-12-36(13-3-1)39-17-10-19-44(31-39)50-35-45-16-6-7-21-47(45)51-33-42(26-28-48(50)51)43-27-29-54-52(34-43)49-22-8-9-23-53(49)55(54)46-20-11-18-40(32-46)41-25-24-37-14-4-5-15-38(37)30-41/h1-34,50H,35H2. The predicted octanol–water partition coefficient (Wildman–Crippen LogP) is 14.3. The summed E-state index contributed by atoms with van der Waals surface area (Å²) in [5.41, 5.74) is 17.9. The van der Waals surface area contributed by atoms with Crippen molar-refractivity contribution in [3.63, 3.8) is 0 Å². The van der Waals surface area contributed by atoms with Gasteiger partial charge in [-0.3, -0.25) is 0 Å². The minimum atomic E-state index is 0.286. The van der Waals surface area contributed by atoms with Gasteiger partial charge in [0.15, 0.2) is 0 Å². The van der Waals surface area contributed by atoms with Crippen LogP contribution < -0.4 is 0 Å². The first-order valence-corrected chi connectivity index (χ1v) is 19.3. The summed E-state index contributed by atoms with van der Waals surface area (Å²) in [6.07, 6.45) is 0.994. The van der Waals surface area contributed by atoms with Crippen molar-refractivity contribution >= 4 is 32.6 Å². The van der Waals surface area contributed by atoms with Crippen molar-refractivity contribution < 1.29 is 0 Å². The zero-order valence-electron chi connectivity index (χ0n) is 30.4. The zero-order valence-corrected chi connectivity index (χ0v) is 30.4. The summed E-state index contributed by atoms with van der Waals surface area (Å²) in [6.45, 7) is 0. The van der Waals surface area contributed by atoms with Gasteiger partial charge >= 0.3 is 0 Å². The lowest BCUT2D eigenvalue weighted by Gasteiger charge is -2.29. The molecule has 1 heteroatoms. The Morgan fingerprint density at radius 1 is 0.364 bits per heavy atom. The van der Waals surface area contributed by atoms with Crippen LogP contribution in [0.1, 0.15) is 22.6 Å². The maximum absolute atomic E-state index is 2.44. The molecule has 55 heavy (non-hydrogen) atoms. The van der Waals surface area contributed by atoms with Gasteiger partial charge in [0.25, 0.3) is 0 Å². The molecule has 9 aromatic carbocycles. The van der Waals surface area contributed by atoms with Gasteiger partial charge in [0.05, 0.1) is 11.0 Å². The maximum Gasteiger partial charge on any atom is 0.0541 e. The number of hydrogen-bond donors (Lipinski definition) is 0. The lowest BCUT2D eigenvalue weighted by molar-refractivity contribution is 0.794. The highest BCUT2D eigenvalue weighted by Crippen LogP contribution is 2.45. The number of benzene rings is 9. The topological polar surface area (TPSA) is 4.93 Å². The van der Waals surface area contributed by atoms with Crippen LogP contribution in [0.15, 0.2) is 206 Å². The van der Waals surface area contributed by atoms with E-state index in [9.17, 15) is 0 Å². The molecule has 1 aliphatic carbocycles. The average molecular weight is 700 g/mol. The Morgan fingerprint density at radius 2 is 1.02 bits per heavy atom. The molecule has 1 aromatic heterocycles. The SMILES string of the molecule is c1ccc(-c2cccc(C3Cc4ccccc4-c4cc(-c5ccc6c(c5)c5ccccc5n6-c5cccc(-c6ccc7ccccc7c6)c5)ccc43)c2)cc1. The first-order chi connectivity index (χ1) is 27.2.